The Morgan fingerprint density at radius 1 is 0.871 bits per heavy atom. The zero-order chi connectivity index (χ0) is 21.0. The zero-order valence-corrected chi connectivity index (χ0v) is 18.8. The van der Waals surface area contributed by atoms with Crippen LogP contribution in [-0.2, 0) is 7.05 Å². The van der Waals surface area contributed by atoms with E-state index in [1.807, 2.05) is 17.7 Å². The number of pyridine rings is 1. The molecule has 31 heavy (non-hydrogen) atoms. The molecule has 0 spiro atoms. The van der Waals surface area contributed by atoms with Crippen LogP contribution in [0, 0.1) is 6.92 Å². The van der Waals surface area contributed by atoms with Crippen molar-refractivity contribution in [2.24, 2.45) is 7.05 Å². The van der Waals surface area contributed by atoms with Gasteiger partial charge in [0.05, 0.1) is 29.0 Å². The number of para-hydroxylation sites is 1. The number of hydrogen-bond acceptors (Lipinski definition) is 2. The Bertz CT molecular complexity index is 1830. The van der Waals surface area contributed by atoms with Crippen LogP contribution >= 0.6 is 11.3 Å². The molecule has 0 N–H and O–H groups in total. The van der Waals surface area contributed by atoms with E-state index in [0.29, 0.717) is 5.92 Å². The number of aryl methyl sites for hydroxylation is 2. The molecule has 150 valence electrons. The van der Waals surface area contributed by atoms with Crippen molar-refractivity contribution in [3.63, 3.8) is 0 Å². The van der Waals surface area contributed by atoms with E-state index in [0.717, 1.165) is 4.83 Å². The van der Waals surface area contributed by atoms with E-state index in [4.69, 9.17) is 4.98 Å². The molecule has 0 amide bonds. The first-order valence-corrected chi connectivity index (χ1v) is 11.7. The molecule has 3 aromatic carbocycles. The van der Waals surface area contributed by atoms with Crippen LogP contribution < -0.4 is 4.57 Å². The smallest absolute Gasteiger partial charge is 0.288 e. The topological polar surface area (TPSA) is 21.2 Å². The number of aromatic nitrogens is 3. The molecule has 4 aromatic heterocycles. The molecule has 4 heteroatoms. The van der Waals surface area contributed by atoms with Gasteiger partial charge in [-0.15, -0.1) is 0 Å². The second-order valence-electron chi connectivity index (χ2n) is 8.98. The minimum atomic E-state index is 0.437. The summed E-state index contributed by atoms with van der Waals surface area (Å²) in [5.41, 5.74) is 6.61. The normalized spacial score (nSPS) is 12.8. The summed E-state index contributed by atoms with van der Waals surface area (Å²) in [6, 6.07) is 17.8. The van der Waals surface area contributed by atoms with Crippen LogP contribution in [0.1, 0.15) is 30.2 Å². The lowest BCUT2D eigenvalue weighted by atomic mass is 9.94. The van der Waals surface area contributed by atoms with Crippen molar-refractivity contribution in [2.45, 2.75) is 26.7 Å². The monoisotopic (exact) mass is 420 g/mol. The summed E-state index contributed by atoms with van der Waals surface area (Å²) in [7, 11) is 2.14. The highest BCUT2D eigenvalue weighted by Crippen LogP contribution is 2.47. The largest absolute Gasteiger partial charge is 0.306 e. The average Bonchev–Trinajstić information content (AvgIpc) is 3.32. The van der Waals surface area contributed by atoms with Crippen molar-refractivity contribution in [1.29, 1.82) is 0 Å². The lowest BCUT2D eigenvalue weighted by molar-refractivity contribution is -0.646. The molecule has 0 saturated heterocycles. The molecule has 0 aliphatic carbocycles. The minimum absolute atomic E-state index is 0.437. The molecule has 0 unspecified atom stereocenters. The molecule has 0 saturated carbocycles. The fourth-order valence-electron chi connectivity index (χ4n) is 5.63. The molecule has 7 aromatic rings. The van der Waals surface area contributed by atoms with Gasteiger partial charge in [-0.2, -0.15) is 0 Å². The first kappa shape index (κ1) is 17.4. The molecular weight excluding hydrogens is 398 g/mol. The van der Waals surface area contributed by atoms with Crippen LogP contribution in [0.25, 0.3) is 59.2 Å². The van der Waals surface area contributed by atoms with Gasteiger partial charge in [0.15, 0.2) is 5.52 Å². The summed E-state index contributed by atoms with van der Waals surface area (Å²) in [6.45, 7) is 6.88. The lowest BCUT2D eigenvalue weighted by Crippen LogP contribution is -2.29. The Hall–Kier alpha value is -3.24. The highest BCUT2D eigenvalue weighted by atomic mass is 32.1. The first-order chi connectivity index (χ1) is 15.1. The highest BCUT2D eigenvalue weighted by molar-refractivity contribution is 7.19. The number of fused-ring (bicyclic) bond motifs is 7. The Morgan fingerprint density at radius 3 is 2.35 bits per heavy atom. The summed E-state index contributed by atoms with van der Waals surface area (Å²) in [5.74, 6) is 0.437. The third-order valence-electron chi connectivity index (χ3n) is 6.90. The maximum atomic E-state index is 4.85. The van der Waals surface area contributed by atoms with Gasteiger partial charge in [0.25, 0.3) is 6.33 Å². The van der Waals surface area contributed by atoms with Crippen molar-refractivity contribution in [3.8, 4) is 0 Å². The SMILES string of the molecule is Cc1c2ccccc2c2c3ccccc3n3c4c(C(C)C)sc5nc[n+](C)c(c1c23)c54. The average molecular weight is 421 g/mol. The number of benzene rings is 3. The summed E-state index contributed by atoms with van der Waals surface area (Å²) in [4.78, 5) is 7.39. The Balaban J connectivity index is 2.02. The highest BCUT2D eigenvalue weighted by Gasteiger charge is 2.29. The number of nitrogens with zero attached hydrogens (tertiary/aromatic N) is 3. The second-order valence-corrected chi connectivity index (χ2v) is 10.0. The van der Waals surface area contributed by atoms with Crippen LogP contribution in [0.2, 0.25) is 0 Å². The maximum Gasteiger partial charge on any atom is 0.288 e. The fourth-order valence-corrected chi connectivity index (χ4v) is 6.76. The van der Waals surface area contributed by atoms with Gasteiger partial charge in [-0.3, -0.25) is 0 Å². The molecule has 0 radical (unpaired) electrons. The van der Waals surface area contributed by atoms with Crippen molar-refractivity contribution >= 4 is 70.6 Å². The standard InChI is InChI=1S/C27H22N3S/c1-14(2)26-25-22-23(29(4)13-28-27(22)31-26)20-15(3)16-9-5-6-10-17(16)21-18-11-7-8-12-19(18)30(25)24(20)21/h5-14H,1-4H3/q+1. The van der Waals surface area contributed by atoms with Crippen molar-refractivity contribution in [3.05, 3.63) is 65.3 Å². The molecule has 7 rings (SSSR count). The Labute approximate surface area is 183 Å². The summed E-state index contributed by atoms with van der Waals surface area (Å²) in [6.07, 6.45) is 1.99. The van der Waals surface area contributed by atoms with Gasteiger partial charge in [-0.1, -0.05) is 67.6 Å². The Morgan fingerprint density at radius 2 is 1.58 bits per heavy atom. The van der Waals surface area contributed by atoms with Crippen molar-refractivity contribution in [1.82, 2.24) is 9.38 Å². The van der Waals surface area contributed by atoms with Crippen LogP contribution in [0.5, 0.6) is 0 Å². The van der Waals surface area contributed by atoms with Crippen LogP contribution in [0.15, 0.2) is 54.9 Å². The third-order valence-corrected chi connectivity index (χ3v) is 8.29. The van der Waals surface area contributed by atoms with Gasteiger partial charge < -0.3 is 4.40 Å². The predicted octanol–water partition coefficient (Wildman–Crippen LogP) is 6.86. The molecule has 0 atom stereocenters. The first-order valence-electron chi connectivity index (χ1n) is 10.8. The number of thiophene rings is 1. The second kappa shape index (κ2) is 5.71. The van der Waals surface area contributed by atoms with Crippen molar-refractivity contribution in [2.75, 3.05) is 0 Å². The van der Waals surface area contributed by atoms with E-state index in [1.165, 1.54) is 64.8 Å². The van der Waals surface area contributed by atoms with E-state index >= 15 is 0 Å². The minimum Gasteiger partial charge on any atom is -0.306 e. The fraction of sp³-hybridized carbons (Fsp3) is 0.185. The van der Waals surface area contributed by atoms with Crippen molar-refractivity contribution < 1.29 is 4.57 Å². The zero-order valence-electron chi connectivity index (χ0n) is 18.0. The number of hydrogen-bond donors (Lipinski definition) is 0. The Kier molecular flexibility index (Phi) is 3.21. The molecule has 0 aliphatic rings. The summed E-state index contributed by atoms with van der Waals surface area (Å²) < 4.78 is 4.77. The molecule has 0 aliphatic heterocycles. The van der Waals surface area contributed by atoms with Crippen LogP contribution in [0.3, 0.4) is 0 Å². The van der Waals surface area contributed by atoms with Crippen LogP contribution in [0.4, 0.5) is 0 Å². The van der Waals surface area contributed by atoms with E-state index in [1.54, 1.807) is 0 Å². The lowest BCUT2D eigenvalue weighted by Gasteiger charge is -2.14. The predicted molar refractivity (Wildman–Crippen MR) is 132 cm³/mol. The van der Waals surface area contributed by atoms with Gasteiger partial charge in [0.2, 0.25) is 4.83 Å². The van der Waals surface area contributed by atoms with Gasteiger partial charge in [0, 0.05) is 15.6 Å². The van der Waals surface area contributed by atoms with E-state index in [9.17, 15) is 0 Å². The quantitative estimate of drug-likeness (QED) is 0.162. The molecule has 0 bridgehead atoms. The van der Waals surface area contributed by atoms with Gasteiger partial charge >= 0.3 is 0 Å². The molecule has 3 nitrogen and oxygen atoms in total. The van der Waals surface area contributed by atoms with E-state index < -0.39 is 0 Å². The summed E-state index contributed by atoms with van der Waals surface area (Å²) >= 11 is 1.85. The van der Waals surface area contributed by atoms with Gasteiger partial charge in [-0.25, -0.2) is 4.57 Å². The molecular formula is C27H22N3S+. The summed E-state index contributed by atoms with van der Waals surface area (Å²) in [5, 5.41) is 8.01. The van der Waals surface area contributed by atoms with Crippen LogP contribution in [-0.4, -0.2) is 9.38 Å². The number of rotatable bonds is 1. The van der Waals surface area contributed by atoms with Gasteiger partial charge in [-0.05, 0) is 40.2 Å². The molecule has 4 heterocycles. The maximum absolute atomic E-state index is 4.85. The van der Waals surface area contributed by atoms with Gasteiger partial charge in [0.1, 0.15) is 5.39 Å². The van der Waals surface area contributed by atoms with E-state index in [-0.39, 0.29) is 0 Å². The van der Waals surface area contributed by atoms with E-state index in [2.05, 4.69) is 85.3 Å². The third kappa shape index (κ3) is 1.95. The molecule has 0 fully saturated rings.